The number of Topliss-reactive ketones (excluding diaryl/α,β-unsaturated/α-hetero) is 1. The highest BCUT2D eigenvalue weighted by molar-refractivity contribution is 5.84. The first-order valence-electron chi connectivity index (χ1n) is 6.26. The van der Waals surface area contributed by atoms with Gasteiger partial charge < -0.3 is 10.1 Å². The van der Waals surface area contributed by atoms with Crippen LogP contribution in [-0.2, 0) is 9.53 Å². The Morgan fingerprint density at radius 3 is 2.38 bits per heavy atom. The molecule has 0 aromatic heterocycles. The predicted molar refractivity (Wildman–Crippen MR) is 63.4 cm³/mol. The molecule has 1 atom stereocenters. The second-order valence-corrected chi connectivity index (χ2v) is 6.34. The number of ketones is 1. The summed E-state index contributed by atoms with van der Waals surface area (Å²) < 4.78 is 5.94. The van der Waals surface area contributed by atoms with E-state index >= 15 is 0 Å². The van der Waals surface area contributed by atoms with Crippen molar-refractivity contribution in [1.29, 1.82) is 0 Å². The average molecular weight is 225 g/mol. The van der Waals surface area contributed by atoms with E-state index in [2.05, 4.69) is 19.2 Å². The molecule has 1 aliphatic heterocycles. The van der Waals surface area contributed by atoms with E-state index in [1.807, 2.05) is 13.8 Å². The lowest BCUT2D eigenvalue weighted by Crippen LogP contribution is -2.38. The molecule has 3 nitrogen and oxygen atoms in total. The van der Waals surface area contributed by atoms with Crippen molar-refractivity contribution in [3.05, 3.63) is 0 Å². The van der Waals surface area contributed by atoms with Crippen molar-refractivity contribution >= 4 is 5.78 Å². The molecule has 16 heavy (non-hydrogen) atoms. The quantitative estimate of drug-likeness (QED) is 0.794. The molecule has 92 valence electrons. The molecule has 1 heterocycles. The van der Waals surface area contributed by atoms with E-state index in [1.165, 1.54) is 12.8 Å². The average Bonchev–Trinajstić information content (AvgIpc) is 2.88. The van der Waals surface area contributed by atoms with Crippen molar-refractivity contribution in [2.75, 3.05) is 6.54 Å². The van der Waals surface area contributed by atoms with Gasteiger partial charge in [-0.2, -0.15) is 0 Å². The molecular formula is C13H23NO2. The van der Waals surface area contributed by atoms with E-state index < -0.39 is 0 Å². The second kappa shape index (κ2) is 3.81. The summed E-state index contributed by atoms with van der Waals surface area (Å²) in [5, 5.41) is 3.29. The summed E-state index contributed by atoms with van der Waals surface area (Å²) in [7, 11) is 0. The van der Waals surface area contributed by atoms with Crippen molar-refractivity contribution in [3.63, 3.8) is 0 Å². The van der Waals surface area contributed by atoms with E-state index in [1.54, 1.807) is 0 Å². The van der Waals surface area contributed by atoms with Gasteiger partial charge in [-0.25, -0.2) is 0 Å². The molecule has 1 aliphatic carbocycles. The van der Waals surface area contributed by atoms with Gasteiger partial charge in [0.1, 0.15) is 0 Å². The van der Waals surface area contributed by atoms with Gasteiger partial charge in [0.15, 0.2) is 5.78 Å². The second-order valence-electron chi connectivity index (χ2n) is 6.34. The number of ether oxygens (including phenoxy) is 1. The van der Waals surface area contributed by atoms with Crippen molar-refractivity contribution < 1.29 is 9.53 Å². The third kappa shape index (κ3) is 2.64. The van der Waals surface area contributed by atoms with Gasteiger partial charge in [-0.15, -0.1) is 0 Å². The molecule has 0 bridgehead atoms. The first kappa shape index (κ1) is 12.1. The van der Waals surface area contributed by atoms with E-state index in [0.29, 0.717) is 18.4 Å². The molecule has 2 fully saturated rings. The molecule has 0 aromatic carbocycles. The van der Waals surface area contributed by atoms with Gasteiger partial charge in [0.25, 0.3) is 0 Å². The van der Waals surface area contributed by atoms with Crippen LogP contribution in [0.4, 0.5) is 0 Å². The highest BCUT2D eigenvalue weighted by Gasteiger charge is 2.48. The Bertz CT molecular complexity index is 292. The fourth-order valence-electron chi connectivity index (χ4n) is 2.72. The Kier molecular flexibility index (Phi) is 2.87. The molecule has 0 aromatic rings. The van der Waals surface area contributed by atoms with Crippen LogP contribution in [0.25, 0.3) is 0 Å². The van der Waals surface area contributed by atoms with Gasteiger partial charge in [0.2, 0.25) is 0 Å². The number of rotatable bonds is 4. The SMILES string of the molecule is CC1(C)CC(C(=O)CNC2CC2)C(C)(C)O1. The number of nitrogens with one attached hydrogen (secondary N) is 1. The summed E-state index contributed by atoms with van der Waals surface area (Å²) in [6.07, 6.45) is 3.29. The van der Waals surface area contributed by atoms with Crippen LogP contribution in [0.1, 0.15) is 47.0 Å². The Hall–Kier alpha value is -0.410. The minimum atomic E-state index is -0.314. The van der Waals surface area contributed by atoms with Gasteiger partial charge >= 0.3 is 0 Å². The third-order valence-electron chi connectivity index (χ3n) is 3.61. The van der Waals surface area contributed by atoms with E-state index in [0.717, 1.165) is 6.42 Å². The molecule has 1 N–H and O–H groups in total. The monoisotopic (exact) mass is 225 g/mol. The first-order chi connectivity index (χ1) is 7.30. The summed E-state index contributed by atoms with van der Waals surface area (Å²) in [5.74, 6) is 0.344. The standard InChI is InChI=1S/C13H23NO2/c1-12(2)7-10(13(3,4)16-12)11(15)8-14-9-5-6-9/h9-10,14H,5-8H2,1-4H3. The maximum atomic E-state index is 12.1. The zero-order valence-corrected chi connectivity index (χ0v) is 10.8. The van der Waals surface area contributed by atoms with Crippen LogP contribution in [0.2, 0.25) is 0 Å². The van der Waals surface area contributed by atoms with Gasteiger partial charge in [-0.05, 0) is 47.0 Å². The predicted octanol–water partition coefficient (Wildman–Crippen LogP) is 1.90. The number of carbonyl (C=O) groups is 1. The fraction of sp³-hybridized carbons (Fsp3) is 0.923. The molecule has 1 saturated heterocycles. The largest absolute Gasteiger partial charge is 0.369 e. The van der Waals surface area contributed by atoms with Gasteiger partial charge in [-0.3, -0.25) is 4.79 Å². The van der Waals surface area contributed by atoms with Crippen molar-refractivity contribution in [3.8, 4) is 0 Å². The van der Waals surface area contributed by atoms with Crippen LogP contribution in [0.15, 0.2) is 0 Å². The molecular weight excluding hydrogens is 202 g/mol. The maximum absolute atomic E-state index is 12.1. The van der Waals surface area contributed by atoms with E-state index in [9.17, 15) is 4.79 Å². The highest BCUT2D eigenvalue weighted by Crippen LogP contribution is 2.42. The lowest BCUT2D eigenvalue weighted by Gasteiger charge is -2.26. The normalized spacial score (nSPS) is 31.6. The molecule has 3 heteroatoms. The molecule has 1 saturated carbocycles. The summed E-state index contributed by atoms with van der Waals surface area (Å²) in [6, 6.07) is 0.599. The smallest absolute Gasteiger partial charge is 0.152 e. The Labute approximate surface area is 97.9 Å². The zero-order chi connectivity index (χ0) is 12.0. The number of hydrogen-bond donors (Lipinski definition) is 1. The number of hydrogen-bond acceptors (Lipinski definition) is 3. The molecule has 2 rings (SSSR count). The van der Waals surface area contributed by atoms with Crippen LogP contribution in [0, 0.1) is 5.92 Å². The Morgan fingerprint density at radius 1 is 1.31 bits per heavy atom. The van der Waals surface area contributed by atoms with Crippen LogP contribution in [0.3, 0.4) is 0 Å². The number of carbonyl (C=O) groups excluding carboxylic acids is 1. The van der Waals surface area contributed by atoms with Crippen molar-refractivity contribution in [2.24, 2.45) is 5.92 Å². The molecule has 0 radical (unpaired) electrons. The molecule has 0 amide bonds. The van der Waals surface area contributed by atoms with Crippen LogP contribution in [-0.4, -0.2) is 29.6 Å². The van der Waals surface area contributed by atoms with E-state index in [-0.39, 0.29) is 17.1 Å². The first-order valence-corrected chi connectivity index (χ1v) is 6.26. The molecule has 0 spiro atoms. The van der Waals surface area contributed by atoms with Crippen molar-refractivity contribution in [1.82, 2.24) is 5.32 Å². The maximum Gasteiger partial charge on any atom is 0.152 e. The lowest BCUT2D eigenvalue weighted by molar-refractivity contribution is -0.128. The summed E-state index contributed by atoms with van der Waals surface area (Å²) in [4.78, 5) is 12.1. The molecule has 2 aliphatic rings. The minimum absolute atomic E-state index is 0.0359. The topological polar surface area (TPSA) is 38.3 Å². The zero-order valence-electron chi connectivity index (χ0n) is 10.8. The van der Waals surface area contributed by atoms with Gasteiger partial charge in [-0.1, -0.05) is 0 Å². The minimum Gasteiger partial charge on any atom is -0.369 e. The third-order valence-corrected chi connectivity index (χ3v) is 3.61. The molecule has 1 unspecified atom stereocenters. The lowest BCUT2D eigenvalue weighted by atomic mass is 9.84. The summed E-state index contributed by atoms with van der Waals surface area (Å²) in [5.41, 5.74) is -0.477. The fourth-order valence-corrected chi connectivity index (χ4v) is 2.72. The van der Waals surface area contributed by atoms with Crippen LogP contribution < -0.4 is 5.32 Å². The van der Waals surface area contributed by atoms with Crippen LogP contribution in [0.5, 0.6) is 0 Å². The summed E-state index contributed by atoms with van der Waals surface area (Å²) in [6.45, 7) is 8.70. The summed E-state index contributed by atoms with van der Waals surface area (Å²) >= 11 is 0. The highest BCUT2D eigenvalue weighted by atomic mass is 16.5. The van der Waals surface area contributed by atoms with Gasteiger partial charge in [0.05, 0.1) is 23.7 Å². The van der Waals surface area contributed by atoms with Gasteiger partial charge in [0, 0.05) is 6.04 Å². The van der Waals surface area contributed by atoms with E-state index in [4.69, 9.17) is 4.74 Å². The van der Waals surface area contributed by atoms with Crippen molar-refractivity contribution in [2.45, 2.75) is 64.2 Å². The Balaban J connectivity index is 1.93. The van der Waals surface area contributed by atoms with Crippen LogP contribution >= 0.6 is 0 Å². The Morgan fingerprint density at radius 2 is 1.94 bits per heavy atom.